The van der Waals surface area contributed by atoms with Crippen LogP contribution in [0.25, 0.3) is 16.6 Å². The quantitative estimate of drug-likeness (QED) is 0.777. The third kappa shape index (κ3) is 2.58. The van der Waals surface area contributed by atoms with Crippen molar-refractivity contribution in [1.29, 1.82) is 0 Å². The van der Waals surface area contributed by atoms with Crippen molar-refractivity contribution in [3.8, 4) is 0 Å². The molecule has 0 aliphatic carbocycles. The summed E-state index contributed by atoms with van der Waals surface area (Å²) in [4.78, 5) is 7.81. The van der Waals surface area contributed by atoms with Gasteiger partial charge in [-0.25, -0.2) is 8.42 Å². The Morgan fingerprint density at radius 1 is 1.32 bits per heavy atom. The average Bonchev–Trinajstić information content (AvgIpc) is 3.18. The SMILES string of the molecule is Cc1noc(C)c1S(=O)(=O)N1CC=C(c2c[nH]c3cccnc23)CC1. The molecule has 0 spiro atoms. The summed E-state index contributed by atoms with van der Waals surface area (Å²) in [6.45, 7) is 4.00. The number of aryl methyl sites for hydroxylation is 2. The van der Waals surface area contributed by atoms with Crippen molar-refractivity contribution in [2.24, 2.45) is 0 Å². The van der Waals surface area contributed by atoms with Crippen LogP contribution < -0.4 is 0 Å². The summed E-state index contributed by atoms with van der Waals surface area (Å²) in [5.74, 6) is 0.327. The van der Waals surface area contributed by atoms with E-state index < -0.39 is 10.0 Å². The van der Waals surface area contributed by atoms with Crippen LogP contribution in [0, 0.1) is 13.8 Å². The third-order valence-corrected chi connectivity index (χ3v) is 6.63. The molecule has 4 heterocycles. The maximum absolute atomic E-state index is 12.9. The Balaban J connectivity index is 1.64. The molecule has 7 nitrogen and oxygen atoms in total. The summed E-state index contributed by atoms with van der Waals surface area (Å²) in [5.41, 5.74) is 4.42. The molecule has 25 heavy (non-hydrogen) atoms. The number of rotatable bonds is 3. The van der Waals surface area contributed by atoms with Crippen LogP contribution in [-0.2, 0) is 10.0 Å². The number of hydrogen-bond donors (Lipinski definition) is 1. The molecule has 3 aromatic rings. The zero-order valence-corrected chi connectivity index (χ0v) is 14.8. The Labute approximate surface area is 145 Å². The lowest BCUT2D eigenvalue weighted by molar-refractivity contribution is 0.389. The van der Waals surface area contributed by atoms with Gasteiger partial charge in [0.2, 0.25) is 10.0 Å². The molecule has 0 aromatic carbocycles. The molecule has 0 bridgehead atoms. The average molecular weight is 358 g/mol. The second kappa shape index (κ2) is 5.82. The molecule has 4 rings (SSSR count). The van der Waals surface area contributed by atoms with E-state index in [-0.39, 0.29) is 4.90 Å². The van der Waals surface area contributed by atoms with E-state index in [2.05, 4.69) is 15.1 Å². The molecule has 8 heteroatoms. The fraction of sp³-hybridized carbons (Fsp3) is 0.294. The van der Waals surface area contributed by atoms with Crippen LogP contribution in [-0.4, -0.2) is 40.9 Å². The summed E-state index contributed by atoms with van der Waals surface area (Å²) in [7, 11) is -3.61. The molecule has 0 saturated heterocycles. The molecule has 1 aliphatic rings. The summed E-state index contributed by atoms with van der Waals surface area (Å²) >= 11 is 0. The predicted molar refractivity (Wildman–Crippen MR) is 93.4 cm³/mol. The summed E-state index contributed by atoms with van der Waals surface area (Å²) < 4.78 is 32.2. The van der Waals surface area contributed by atoms with Gasteiger partial charge in [0.25, 0.3) is 0 Å². The van der Waals surface area contributed by atoms with Crippen LogP contribution in [0.5, 0.6) is 0 Å². The van der Waals surface area contributed by atoms with E-state index in [1.165, 1.54) is 4.31 Å². The lowest BCUT2D eigenvalue weighted by Gasteiger charge is -2.25. The molecule has 0 amide bonds. The van der Waals surface area contributed by atoms with Crippen LogP contribution in [0.4, 0.5) is 0 Å². The van der Waals surface area contributed by atoms with Gasteiger partial charge in [-0.2, -0.15) is 4.31 Å². The van der Waals surface area contributed by atoms with Crippen molar-refractivity contribution in [1.82, 2.24) is 19.4 Å². The fourth-order valence-corrected chi connectivity index (χ4v) is 4.96. The van der Waals surface area contributed by atoms with Crippen molar-refractivity contribution < 1.29 is 12.9 Å². The first kappa shape index (κ1) is 16.0. The monoisotopic (exact) mass is 358 g/mol. The van der Waals surface area contributed by atoms with E-state index in [0.717, 1.165) is 22.2 Å². The highest BCUT2D eigenvalue weighted by Crippen LogP contribution is 2.31. The minimum atomic E-state index is -3.61. The standard InChI is InChI=1S/C17H18N4O3S/c1-11-17(12(2)24-20-11)25(22,23)21-8-5-13(6-9-21)14-10-19-15-4-3-7-18-16(14)15/h3-5,7,10,19H,6,8-9H2,1-2H3. The Hall–Kier alpha value is -2.45. The van der Waals surface area contributed by atoms with Crippen LogP contribution >= 0.6 is 0 Å². The first-order valence-electron chi connectivity index (χ1n) is 8.03. The highest BCUT2D eigenvalue weighted by atomic mass is 32.2. The van der Waals surface area contributed by atoms with Gasteiger partial charge in [-0.1, -0.05) is 11.2 Å². The first-order chi connectivity index (χ1) is 12.0. The first-order valence-corrected chi connectivity index (χ1v) is 9.47. The van der Waals surface area contributed by atoms with Gasteiger partial charge < -0.3 is 9.51 Å². The third-order valence-electron chi connectivity index (χ3n) is 4.52. The van der Waals surface area contributed by atoms with Gasteiger partial charge in [-0.15, -0.1) is 0 Å². The second-order valence-corrected chi connectivity index (χ2v) is 7.97. The van der Waals surface area contributed by atoms with E-state index in [0.29, 0.717) is 31.0 Å². The zero-order valence-electron chi connectivity index (χ0n) is 14.0. The maximum Gasteiger partial charge on any atom is 0.248 e. The Kier molecular flexibility index (Phi) is 3.73. The molecular weight excluding hydrogens is 340 g/mol. The molecule has 1 N–H and O–H groups in total. The smallest absolute Gasteiger partial charge is 0.248 e. The number of sulfonamides is 1. The van der Waals surface area contributed by atoms with Crippen LogP contribution in [0.2, 0.25) is 0 Å². The van der Waals surface area contributed by atoms with E-state index >= 15 is 0 Å². The number of fused-ring (bicyclic) bond motifs is 1. The van der Waals surface area contributed by atoms with Crippen LogP contribution in [0.3, 0.4) is 0 Å². The van der Waals surface area contributed by atoms with Crippen molar-refractivity contribution >= 4 is 26.6 Å². The van der Waals surface area contributed by atoms with Crippen LogP contribution in [0.15, 0.2) is 40.0 Å². The number of aromatic nitrogens is 3. The molecular formula is C17H18N4O3S. The number of hydrogen-bond acceptors (Lipinski definition) is 5. The normalized spacial score (nSPS) is 16.3. The van der Waals surface area contributed by atoms with Gasteiger partial charge in [0.15, 0.2) is 5.76 Å². The van der Waals surface area contributed by atoms with Crippen molar-refractivity contribution in [3.63, 3.8) is 0 Å². The molecule has 0 radical (unpaired) electrons. The highest BCUT2D eigenvalue weighted by molar-refractivity contribution is 7.89. The minimum absolute atomic E-state index is 0.179. The molecule has 0 atom stereocenters. The van der Waals surface area contributed by atoms with Gasteiger partial charge >= 0.3 is 0 Å². The van der Waals surface area contributed by atoms with Crippen molar-refractivity contribution in [2.45, 2.75) is 25.2 Å². The number of nitrogens with zero attached hydrogens (tertiary/aromatic N) is 3. The molecule has 130 valence electrons. The van der Waals surface area contributed by atoms with Gasteiger partial charge in [0, 0.05) is 31.0 Å². The second-order valence-electron chi connectivity index (χ2n) is 6.10. The molecule has 0 fully saturated rings. The largest absolute Gasteiger partial charge is 0.360 e. The number of aromatic amines is 1. The Morgan fingerprint density at radius 3 is 2.84 bits per heavy atom. The summed E-state index contributed by atoms with van der Waals surface area (Å²) in [5, 5.41) is 3.76. The molecule has 3 aromatic heterocycles. The summed E-state index contributed by atoms with van der Waals surface area (Å²) in [6, 6.07) is 3.86. The van der Waals surface area contributed by atoms with Crippen molar-refractivity contribution in [2.75, 3.05) is 13.1 Å². The van der Waals surface area contributed by atoms with Gasteiger partial charge in [0.05, 0.1) is 11.0 Å². The van der Waals surface area contributed by atoms with E-state index in [9.17, 15) is 8.42 Å². The van der Waals surface area contributed by atoms with Gasteiger partial charge in [-0.05, 0) is 38.0 Å². The van der Waals surface area contributed by atoms with Crippen molar-refractivity contribution in [3.05, 3.63) is 47.6 Å². The van der Waals surface area contributed by atoms with Gasteiger partial charge in [0.1, 0.15) is 10.6 Å². The van der Waals surface area contributed by atoms with E-state index in [4.69, 9.17) is 4.52 Å². The highest BCUT2D eigenvalue weighted by Gasteiger charge is 2.32. The Morgan fingerprint density at radius 2 is 2.16 bits per heavy atom. The topological polar surface area (TPSA) is 92.1 Å². The number of nitrogens with one attached hydrogen (secondary N) is 1. The number of H-pyrrole nitrogens is 1. The zero-order chi connectivity index (χ0) is 17.6. The lowest BCUT2D eigenvalue weighted by atomic mass is 10.0. The van der Waals surface area contributed by atoms with E-state index in [1.807, 2.05) is 24.4 Å². The molecule has 0 unspecified atom stereocenters. The fourth-order valence-electron chi connectivity index (χ4n) is 3.28. The lowest BCUT2D eigenvalue weighted by Crippen LogP contribution is -2.35. The number of pyridine rings is 1. The minimum Gasteiger partial charge on any atom is -0.360 e. The Bertz CT molecular complexity index is 1060. The van der Waals surface area contributed by atoms with Gasteiger partial charge in [-0.3, -0.25) is 4.98 Å². The predicted octanol–water partition coefficient (Wildman–Crippen LogP) is 2.65. The molecule has 0 saturated carbocycles. The van der Waals surface area contributed by atoms with E-state index in [1.54, 1.807) is 20.0 Å². The molecule has 1 aliphatic heterocycles. The maximum atomic E-state index is 12.9. The van der Waals surface area contributed by atoms with Crippen LogP contribution in [0.1, 0.15) is 23.4 Å². The summed E-state index contributed by atoms with van der Waals surface area (Å²) in [6.07, 6.45) is 6.28.